The van der Waals surface area contributed by atoms with Gasteiger partial charge in [-0.2, -0.15) is 0 Å². The van der Waals surface area contributed by atoms with Crippen LogP contribution in [-0.4, -0.2) is 57.7 Å². The van der Waals surface area contributed by atoms with Gasteiger partial charge in [-0.25, -0.2) is 9.78 Å². The van der Waals surface area contributed by atoms with E-state index < -0.39 is 11.7 Å². The Hall–Kier alpha value is -2.09. The summed E-state index contributed by atoms with van der Waals surface area (Å²) in [5.41, 5.74) is -0.600. The van der Waals surface area contributed by atoms with Crippen LogP contribution < -0.4 is 10.6 Å². The summed E-state index contributed by atoms with van der Waals surface area (Å²) in [5.74, 6) is 0.779. The molecule has 4 rings (SSSR count). The lowest BCUT2D eigenvalue weighted by Gasteiger charge is -2.45. The second-order valence-corrected chi connectivity index (χ2v) is 7.88. The van der Waals surface area contributed by atoms with Gasteiger partial charge >= 0.3 is 6.03 Å². The number of rotatable bonds is 3. The minimum absolute atomic E-state index is 0.00982. The SMILES string of the molecule is CC(C)NC(=O)C1Cn2ccnc2C2(CCN(C(=O)NC3CC3)CC2)O1. The van der Waals surface area contributed by atoms with E-state index in [0.717, 1.165) is 18.7 Å². The zero-order valence-electron chi connectivity index (χ0n) is 15.4. The lowest BCUT2D eigenvalue weighted by atomic mass is 9.88. The Labute approximate surface area is 153 Å². The van der Waals surface area contributed by atoms with E-state index in [1.165, 1.54) is 0 Å². The summed E-state index contributed by atoms with van der Waals surface area (Å²) in [4.78, 5) is 31.2. The first-order valence-corrected chi connectivity index (χ1v) is 9.52. The number of hydrogen-bond donors (Lipinski definition) is 2. The Balaban J connectivity index is 1.48. The molecule has 0 aromatic carbocycles. The molecule has 1 aliphatic carbocycles. The first-order valence-electron chi connectivity index (χ1n) is 9.52. The van der Waals surface area contributed by atoms with Crippen molar-refractivity contribution in [1.82, 2.24) is 25.1 Å². The van der Waals surface area contributed by atoms with Crippen LogP contribution in [-0.2, 0) is 21.7 Å². The maximum Gasteiger partial charge on any atom is 0.317 e. The zero-order valence-corrected chi connectivity index (χ0v) is 15.4. The third-order valence-electron chi connectivity index (χ3n) is 5.34. The Bertz CT molecular complexity index is 689. The molecule has 26 heavy (non-hydrogen) atoms. The number of aromatic nitrogens is 2. The fourth-order valence-electron chi connectivity index (χ4n) is 3.82. The van der Waals surface area contributed by atoms with Crippen molar-refractivity contribution in [1.29, 1.82) is 0 Å². The molecule has 8 heteroatoms. The van der Waals surface area contributed by atoms with E-state index in [-0.39, 0.29) is 18.0 Å². The molecule has 3 heterocycles. The molecule has 8 nitrogen and oxygen atoms in total. The molecular formula is C18H27N5O3. The van der Waals surface area contributed by atoms with Crippen molar-refractivity contribution in [3.8, 4) is 0 Å². The van der Waals surface area contributed by atoms with E-state index in [9.17, 15) is 9.59 Å². The van der Waals surface area contributed by atoms with E-state index in [0.29, 0.717) is 38.5 Å². The second-order valence-electron chi connectivity index (χ2n) is 7.88. The smallest absolute Gasteiger partial charge is 0.317 e. The number of nitrogens with zero attached hydrogens (tertiary/aromatic N) is 3. The molecule has 1 unspecified atom stereocenters. The first kappa shape index (κ1) is 17.3. The van der Waals surface area contributed by atoms with Crippen LogP contribution in [0.25, 0.3) is 0 Å². The van der Waals surface area contributed by atoms with Gasteiger partial charge in [-0.3, -0.25) is 4.79 Å². The lowest BCUT2D eigenvalue weighted by Crippen LogP contribution is -2.56. The minimum Gasteiger partial charge on any atom is -0.352 e. The molecule has 1 aromatic heterocycles. The van der Waals surface area contributed by atoms with Gasteiger partial charge < -0.3 is 24.8 Å². The molecule has 3 amide bonds. The monoisotopic (exact) mass is 361 g/mol. The predicted octanol–water partition coefficient (Wildman–Crippen LogP) is 0.970. The lowest BCUT2D eigenvalue weighted by molar-refractivity contribution is -0.172. The summed E-state index contributed by atoms with van der Waals surface area (Å²) in [6.45, 7) is 5.56. The number of imidazole rings is 1. The predicted molar refractivity (Wildman–Crippen MR) is 94.4 cm³/mol. The highest BCUT2D eigenvalue weighted by molar-refractivity contribution is 5.81. The summed E-state index contributed by atoms with van der Waals surface area (Å²) >= 11 is 0. The largest absolute Gasteiger partial charge is 0.352 e. The third kappa shape index (κ3) is 3.30. The van der Waals surface area contributed by atoms with Crippen molar-refractivity contribution in [2.75, 3.05) is 13.1 Å². The molecule has 1 saturated carbocycles. The number of likely N-dealkylation sites (tertiary alicyclic amines) is 1. The number of ether oxygens (including phenoxy) is 1. The average molecular weight is 361 g/mol. The van der Waals surface area contributed by atoms with Crippen molar-refractivity contribution in [3.63, 3.8) is 0 Å². The van der Waals surface area contributed by atoms with Gasteiger partial charge in [-0.1, -0.05) is 0 Å². The highest BCUT2D eigenvalue weighted by atomic mass is 16.5. The van der Waals surface area contributed by atoms with E-state index in [4.69, 9.17) is 4.74 Å². The maximum atomic E-state index is 12.5. The van der Waals surface area contributed by atoms with Gasteiger partial charge in [0, 0.05) is 50.4 Å². The first-order chi connectivity index (χ1) is 12.5. The van der Waals surface area contributed by atoms with Gasteiger partial charge in [-0.05, 0) is 26.7 Å². The standard InChI is InChI=1S/C18H27N5O3/c1-12(2)20-15(24)14-11-23-10-7-19-16(23)18(26-14)5-8-22(9-6-18)17(25)21-13-3-4-13/h7,10,12-14H,3-6,8-9,11H2,1-2H3,(H,20,24)(H,21,25). The molecule has 1 saturated heterocycles. The molecular weight excluding hydrogens is 334 g/mol. The van der Waals surface area contributed by atoms with Gasteiger partial charge in [0.05, 0.1) is 6.54 Å². The number of urea groups is 1. The van der Waals surface area contributed by atoms with Crippen LogP contribution in [0.5, 0.6) is 0 Å². The number of hydrogen-bond acceptors (Lipinski definition) is 4. The van der Waals surface area contributed by atoms with Gasteiger partial charge in [0.1, 0.15) is 11.4 Å². The Morgan fingerprint density at radius 2 is 2.04 bits per heavy atom. The van der Waals surface area contributed by atoms with E-state index in [1.807, 2.05) is 29.5 Å². The molecule has 2 aliphatic heterocycles. The van der Waals surface area contributed by atoms with Crippen LogP contribution in [0.2, 0.25) is 0 Å². The van der Waals surface area contributed by atoms with Crippen molar-refractivity contribution in [3.05, 3.63) is 18.2 Å². The summed E-state index contributed by atoms with van der Waals surface area (Å²) in [6.07, 6.45) is 6.58. The Kier molecular flexibility index (Phi) is 4.38. The van der Waals surface area contributed by atoms with Gasteiger partial charge in [0.2, 0.25) is 0 Å². The summed E-state index contributed by atoms with van der Waals surface area (Å²) in [7, 11) is 0. The Morgan fingerprint density at radius 3 is 2.69 bits per heavy atom. The molecule has 3 aliphatic rings. The fraction of sp³-hybridized carbons (Fsp3) is 0.722. The van der Waals surface area contributed by atoms with Crippen molar-refractivity contribution < 1.29 is 14.3 Å². The fourth-order valence-corrected chi connectivity index (χ4v) is 3.82. The van der Waals surface area contributed by atoms with Gasteiger partial charge in [0.15, 0.2) is 6.10 Å². The average Bonchev–Trinajstić information content (AvgIpc) is 3.27. The summed E-state index contributed by atoms with van der Waals surface area (Å²) in [5, 5.41) is 5.98. The van der Waals surface area contributed by atoms with Crippen LogP contribution in [0.4, 0.5) is 4.79 Å². The normalized spacial score (nSPS) is 24.4. The summed E-state index contributed by atoms with van der Waals surface area (Å²) in [6, 6.07) is 0.433. The topological polar surface area (TPSA) is 88.5 Å². The van der Waals surface area contributed by atoms with E-state index in [2.05, 4.69) is 15.6 Å². The maximum absolute atomic E-state index is 12.5. The zero-order chi connectivity index (χ0) is 18.3. The van der Waals surface area contributed by atoms with Crippen LogP contribution >= 0.6 is 0 Å². The molecule has 2 fully saturated rings. The number of nitrogens with one attached hydrogen (secondary N) is 2. The highest BCUT2D eigenvalue weighted by Crippen LogP contribution is 2.40. The van der Waals surface area contributed by atoms with Crippen molar-refractivity contribution in [2.24, 2.45) is 0 Å². The minimum atomic E-state index is -0.600. The molecule has 2 N–H and O–H groups in total. The number of amides is 3. The van der Waals surface area contributed by atoms with Crippen molar-refractivity contribution >= 4 is 11.9 Å². The second kappa shape index (κ2) is 6.57. The van der Waals surface area contributed by atoms with E-state index in [1.54, 1.807) is 6.20 Å². The van der Waals surface area contributed by atoms with Gasteiger partial charge in [0.25, 0.3) is 5.91 Å². The number of fused-ring (bicyclic) bond motifs is 2. The summed E-state index contributed by atoms with van der Waals surface area (Å²) < 4.78 is 8.35. The van der Waals surface area contributed by atoms with Crippen LogP contribution in [0.15, 0.2) is 12.4 Å². The number of carbonyl (C=O) groups is 2. The molecule has 0 radical (unpaired) electrons. The number of piperidine rings is 1. The van der Waals surface area contributed by atoms with E-state index >= 15 is 0 Å². The number of carbonyl (C=O) groups excluding carboxylic acids is 2. The Morgan fingerprint density at radius 1 is 1.31 bits per heavy atom. The highest BCUT2D eigenvalue weighted by Gasteiger charge is 2.47. The molecule has 1 atom stereocenters. The van der Waals surface area contributed by atoms with Crippen LogP contribution in [0, 0.1) is 0 Å². The van der Waals surface area contributed by atoms with Gasteiger partial charge in [-0.15, -0.1) is 0 Å². The quantitative estimate of drug-likeness (QED) is 0.840. The third-order valence-corrected chi connectivity index (χ3v) is 5.34. The molecule has 1 aromatic rings. The molecule has 142 valence electrons. The van der Waals surface area contributed by atoms with Crippen molar-refractivity contribution in [2.45, 2.75) is 69.9 Å². The molecule has 1 spiro atoms. The van der Waals surface area contributed by atoms with Crippen LogP contribution in [0.3, 0.4) is 0 Å². The molecule has 0 bridgehead atoms. The van der Waals surface area contributed by atoms with Crippen LogP contribution in [0.1, 0.15) is 45.4 Å².